The molecule has 3 aromatic rings. The van der Waals surface area contributed by atoms with Crippen molar-refractivity contribution in [2.75, 3.05) is 0 Å². The number of phenolic OH excluding ortho intramolecular Hbond substituents is 1. The Labute approximate surface area is 120 Å². The Kier molecular flexibility index (Phi) is 2.99. The van der Waals surface area contributed by atoms with Crippen molar-refractivity contribution in [2.24, 2.45) is 0 Å². The molecule has 1 aromatic heterocycles. The van der Waals surface area contributed by atoms with Crippen LogP contribution in [0.5, 0.6) is 5.75 Å². The van der Waals surface area contributed by atoms with Gasteiger partial charge in [0, 0.05) is 5.39 Å². The second kappa shape index (κ2) is 4.71. The Hall–Kier alpha value is -2.67. The van der Waals surface area contributed by atoms with E-state index in [-0.39, 0.29) is 27.2 Å². The molecule has 0 spiro atoms. The first-order valence-corrected chi connectivity index (χ1v) is 7.45. The maximum absolute atomic E-state index is 12.6. The molecule has 3 rings (SSSR count). The summed E-state index contributed by atoms with van der Waals surface area (Å²) in [4.78, 5) is 11.1. The number of aldehydes is 1. The van der Waals surface area contributed by atoms with Crippen LogP contribution in [0.3, 0.4) is 0 Å². The van der Waals surface area contributed by atoms with Crippen LogP contribution in [0.2, 0.25) is 0 Å². The third kappa shape index (κ3) is 2.07. The molecule has 0 fully saturated rings. The van der Waals surface area contributed by atoms with Crippen LogP contribution >= 0.6 is 0 Å². The van der Waals surface area contributed by atoms with Crippen molar-refractivity contribution in [1.82, 2.24) is 9.19 Å². The molecule has 0 radical (unpaired) electrons. The highest BCUT2D eigenvalue weighted by Crippen LogP contribution is 2.25. The average molecular weight is 302 g/mol. The van der Waals surface area contributed by atoms with Crippen molar-refractivity contribution in [3.8, 4) is 5.75 Å². The van der Waals surface area contributed by atoms with Crippen LogP contribution in [0.15, 0.2) is 53.4 Å². The largest absolute Gasteiger partial charge is 0.508 e. The van der Waals surface area contributed by atoms with Gasteiger partial charge in [-0.2, -0.15) is 17.6 Å². The number of rotatable bonds is 3. The van der Waals surface area contributed by atoms with Crippen molar-refractivity contribution < 1.29 is 18.3 Å². The van der Waals surface area contributed by atoms with E-state index in [0.29, 0.717) is 6.29 Å². The predicted molar refractivity (Wildman–Crippen MR) is 75.8 cm³/mol. The number of aromatic nitrogens is 2. The monoisotopic (exact) mass is 302 g/mol. The summed E-state index contributed by atoms with van der Waals surface area (Å²) in [5.41, 5.74) is 0.194. The molecule has 1 heterocycles. The highest BCUT2D eigenvalue weighted by molar-refractivity contribution is 7.90. The van der Waals surface area contributed by atoms with Gasteiger partial charge in [0.15, 0.2) is 6.29 Å². The highest BCUT2D eigenvalue weighted by Gasteiger charge is 2.22. The average Bonchev–Trinajstić information content (AvgIpc) is 2.86. The lowest BCUT2D eigenvalue weighted by Crippen LogP contribution is -2.14. The van der Waals surface area contributed by atoms with Crippen LogP contribution in [0.25, 0.3) is 10.9 Å². The molecule has 0 atom stereocenters. The van der Waals surface area contributed by atoms with Crippen molar-refractivity contribution in [3.05, 3.63) is 54.2 Å². The number of carbonyl (C=O) groups excluding carboxylic acids is 1. The van der Waals surface area contributed by atoms with E-state index in [4.69, 9.17) is 0 Å². The smallest absolute Gasteiger partial charge is 0.283 e. The first-order valence-electron chi connectivity index (χ1n) is 6.01. The van der Waals surface area contributed by atoms with E-state index < -0.39 is 10.0 Å². The third-order valence-corrected chi connectivity index (χ3v) is 4.64. The topological polar surface area (TPSA) is 89.3 Å². The number of benzene rings is 2. The SMILES string of the molecule is O=Cc1nn(S(=O)(=O)c2ccccc2)c2ccc(O)cc12. The lowest BCUT2D eigenvalue weighted by Gasteiger charge is -2.05. The summed E-state index contributed by atoms with van der Waals surface area (Å²) >= 11 is 0. The molecule has 2 aromatic carbocycles. The maximum Gasteiger partial charge on any atom is 0.283 e. The minimum Gasteiger partial charge on any atom is -0.508 e. The minimum atomic E-state index is -3.90. The lowest BCUT2D eigenvalue weighted by molar-refractivity contribution is 0.112. The van der Waals surface area contributed by atoms with Gasteiger partial charge in [0.25, 0.3) is 10.0 Å². The van der Waals surface area contributed by atoms with Crippen LogP contribution in [0, 0.1) is 0 Å². The summed E-state index contributed by atoms with van der Waals surface area (Å²) in [6.07, 6.45) is 0.457. The fourth-order valence-corrected chi connectivity index (χ4v) is 3.38. The van der Waals surface area contributed by atoms with E-state index in [9.17, 15) is 18.3 Å². The molecule has 0 saturated carbocycles. The standard InChI is InChI=1S/C14H10N2O4S/c17-9-13-12-8-10(18)6-7-14(12)16(15-13)21(19,20)11-4-2-1-3-5-11/h1-9,18H. The van der Waals surface area contributed by atoms with Crippen LogP contribution in [0.1, 0.15) is 10.5 Å². The molecule has 106 valence electrons. The van der Waals surface area contributed by atoms with Crippen LogP contribution in [-0.4, -0.2) is 29.0 Å². The highest BCUT2D eigenvalue weighted by atomic mass is 32.2. The number of aromatic hydroxyl groups is 1. The van der Waals surface area contributed by atoms with Gasteiger partial charge in [-0.15, -0.1) is 0 Å². The van der Waals surface area contributed by atoms with Crippen LogP contribution < -0.4 is 0 Å². The molecule has 0 saturated heterocycles. The predicted octanol–water partition coefficient (Wildman–Crippen LogP) is 1.79. The number of hydrogen-bond acceptors (Lipinski definition) is 5. The molecule has 0 aliphatic carbocycles. The summed E-state index contributed by atoms with van der Waals surface area (Å²) in [7, 11) is -3.90. The molecule has 21 heavy (non-hydrogen) atoms. The van der Waals surface area contributed by atoms with Gasteiger partial charge in [-0.1, -0.05) is 18.2 Å². The number of hydrogen-bond donors (Lipinski definition) is 1. The third-order valence-electron chi connectivity index (χ3n) is 3.04. The summed E-state index contributed by atoms with van der Waals surface area (Å²) in [6, 6.07) is 11.9. The van der Waals surface area contributed by atoms with Crippen LogP contribution in [-0.2, 0) is 10.0 Å². The summed E-state index contributed by atoms with van der Waals surface area (Å²) in [6.45, 7) is 0. The van der Waals surface area contributed by atoms with Gasteiger partial charge >= 0.3 is 0 Å². The molecular formula is C14H10N2O4S. The summed E-state index contributed by atoms with van der Waals surface area (Å²) in [5, 5.41) is 13.6. The Bertz CT molecular complexity index is 930. The van der Waals surface area contributed by atoms with E-state index in [1.165, 1.54) is 30.3 Å². The Morgan fingerprint density at radius 3 is 2.48 bits per heavy atom. The van der Waals surface area contributed by atoms with E-state index in [1.807, 2.05) is 0 Å². The number of nitrogens with zero attached hydrogens (tertiary/aromatic N) is 2. The van der Waals surface area contributed by atoms with Gasteiger partial charge in [-0.05, 0) is 30.3 Å². The second-order valence-corrected chi connectivity index (χ2v) is 6.13. The quantitative estimate of drug-likeness (QED) is 0.745. The van der Waals surface area contributed by atoms with E-state index in [0.717, 1.165) is 4.09 Å². The van der Waals surface area contributed by atoms with E-state index in [2.05, 4.69) is 5.10 Å². The van der Waals surface area contributed by atoms with Gasteiger partial charge in [0.05, 0.1) is 10.4 Å². The normalized spacial score (nSPS) is 11.6. The molecule has 6 nitrogen and oxygen atoms in total. The number of phenols is 1. The fourth-order valence-electron chi connectivity index (χ4n) is 2.06. The maximum atomic E-state index is 12.6. The molecule has 0 unspecified atom stereocenters. The minimum absolute atomic E-state index is 0.0413. The zero-order valence-electron chi connectivity index (χ0n) is 10.7. The molecular weight excluding hydrogens is 292 g/mol. The van der Waals surface area contributed by atoms with Crippen molar-refractivity contribution in [1.29, 1.82) is 0 Å². The number of fused-ring (bicyclic) bond motifs is 1. The summed E-state index contributed by atoms with van der Waals surface area (Å²) in [5.74, 6) is -0.0674. The van der Waals surface area contributed by atoms with Crippen molar-refractivity contribution in [3.63, 3.8) is 0 Å². The van der Waals surface area contributed by atoms with Crippen molar-refractivity contribution in [2.45, 2.75) is 4.90 Å². The zero-order chi connectivity index (χ0) is 15.0. The van der Waals surface area contributed by atoms with Gasteiger partial charge in [-0.25, -0.2) is 0 Å². The Morgan fingerprint density at radius 1 is 1.10 bits per heavy atom. The van der Waals surface area contributed by atoms with Crippen LogP contribution in [0.4, 0.5) is 0 Å². The van der Waals surface area contributed by atoms with E-state index in [1.54, 1.807) is 18.2 Å². The first-order chi connectivity index (χ1) is 10.0. The molecule has 0 amide bonds. The van der Waals surface area contributed by atoms with Gasteiger partial charge in [0.1, 0.15) is 11.4 Å². The Morgan fingerprint density at radius 2 is 1.81 bits per heavy atom. The number of carbonyl (C=O) groups is 1. The first kappa shape index (κ1) is 13.3. The fraction of sp³-hybridized carbons (Fsp3) is 0. The Balaban J connectivity index is 2.33. The zero-order valence-corrected chi connectivity index (χ0v) is 11.5. The molecule has 1 N–H and O–H groups in total. The molecule has 0 aliphatic rings. The van der Waals surface area contributed by atoms with Crippen molar-refractivity contribution >= 4 is 27.2 Å². The molecule has 0 aliphatic heterocycles. The second-order valence-electron chi connectivity index (χ2n) is 4.37. The van der Waals surface area contributed by atoms with Gasteiger partial charge < -0.3 is 5.11 Å². The van der Waals surface area contributed by atoms with E-state index >= 15 is 0 Å². The van der Waals surface area contributed by atoms with Gasteiger partial charge in [0.2, 0.25) is 0 Å². The molecule has 7 heteroatoms. The molecule has 0 bridgehead atoms. The lowest BCUT2D eigenvalue weighted by atomic mass is 10.2. The van der Waals surface area contributed by atoms with Gasteiger partial charge in [-0.3, -0.25) is 4.79 Å². The summed E-state index contributed by atoms with van der Waals surface area (Å²) < 4.78 is 26.0.